The lowest BCUT2D eigenvalue weighted by Gasteiger charge is -2.11. The normalized spacial score (nSPS) is 11.3. The first-order valence-electron chi connectivity index (χ1n) is 8.19. The Kier molecular flexibility index (Phi) is 4.69. The molecule has 0 atom stereocenters. The van der Waals surface area contributed by atoms with Gasteiger partial charge in [0.2, 0.25) is 5.28 Å². The van der Waals surface area contributed by atoms with Gasteiger partial charge in [-0.05, 0) is 52.2 Å². The Morgan fingerprint density at radius 2 is 2.08 bits per heavy atom. The molecular weight excluding hydrogens is 418 g/mol. The predicted molar refractivity (Wildman–Crippen MR) is 102 cm³/mol. The summed E-state index contributed by atoms with van der Waals surface area (Å²) >= 11 is 9.51. The Hall–Kier alpha value is -2.32. The first kappa shape index (κ1) is 17.1. The highest BCUT2D eigenvalue weighted by Crippen LogP contribution is 2.23. The number of halogens is 2. The maximum atomic E-state index is 5.97. The van der Waals surface area contributed by atoms with Gasteiger partial charge in [-0.1, -0.05) is 13.3 Å². The van der Waals surface area contributed by atoms with Crippen LogP contribution < -0.4 is 0 Å². The largest absolute Gasteiger partial charge is 0.243 e. The summed E-state index contributed by atoms with van der Waals surface area (Å²) in [4.78, 5) is 13.4. The maximum Gasteiger partial charge on any atom is 0.243 e. The maximum absolute atomic E-state index is 5.97. The summed E-state index contributed by atoms with van der Waals surface area (Å²) in [6, 6.07) is 5.79. The Morgan fingerprint density at radius 3 is 2.88 bits per heavy atom. The van der Waals surface area contributed by atoms with Gasteiger partial charge in [0.15, 0.2) is 11.5 Å². The molecule has 0 N–H and O–H groups in total. The summed E-state index contributed by atoms with van der Waals surface area (Å²) in [5.41, 5.74) is 3.75. The highest BCUT2D eigenvalue weighted by atomic mass is 79.9. The van der Waals surface area contributed by atoms with Crippen molar-refractivity contribution in [2.75, 3.05) is 0 Å². The molecule has 4 aromatic rings. The minimum atomic E-state index is 0.226. The minimum absolute atomic E-state index is 0.226. The van der Waals surface area contributed by atoms with E-state index in [9.17, 15) is 0 Å². The van der Waals surface area contributed by atoms with Gasteiger partial charge < -0.3 is 0 Å². The summed E-state index contributed by atoms with van der Waals surface area (Å²) in [6.45, 7) is 2.13. The van der Waals surface area contributed by atoms with Crippen LogP contribution in [0.2, 0.25) is 5.28 Å². The van der Waals surface area contributed by atoms with Crippen molar-refractivity contribution < 1.29 is 0 Å². The van der Waals surface area contributed by atoms with Crippen molar-refractivity contribution in [2.24, 2.45) is 0 Å². The van der Waals surface area contributed by atoms with Gasteiger partial charge in [0, 0.05) is 24.4 Å². The third kappa shape index (κ3) is 3.10. The van der Waals surface area contributed by atoms with Gasteiger partial charge >= 0.3 is 0 Å². The van der Waals surface area contributed by atoms with E-state index in [-0.39, 0.29) is 5.28 Å². The molecule has 26 heavy (non-hydrogen) atoms. The highest BCUT2D eigenvalue weighted by molar-refractivity contribution is 9.10. The number of hydrogen-bond acceptors (Lipinski definition) is 5. The lowest BCUT2D eigenvalue weighted by Crippen LogP contribution is -2.09. The minimum Gasteiger partial charge on any atom is -0.240 e. The fraction of sp³-hybridized carbons (Fsp3) is 0.235. The fourth-order valence-corrected chi connectivity index (χ4v) is 3.52. The lowest BCUT2D eigenvalue weighted by atomic mass is 10.1. The molecule has 4 rings (SSSR count). The number of hydrogen-bond donors (Lipinski definition) is 0. The van der Waals surface area contributed by atoms with Crippen LogP contribution in [0, 0.1) is 0 Å². The number of fused-ring (bicyclic) bond motifs is 1. The van der Waals surface area contributed by atoms with Gasteiger partial charge in [-0.2, -0.15) is 10.1 Å². The molecule has 0 aliphatic rings. The Morgan fingerprint density at radius 1 is 1.19 bits per heavy atom. The second kappa shape index (κ2) is 7.13. The molecule has 9 heteroatoms. The molecule has 132 valence electrons. The summed E-state index contributed by atoms with van der Waals surface area (Å²) in [5.74, 6) is 0.746. The third-order valence-corrected chi connectivity index (χ3v) is 4.84. The molecule has 0 saturated carbocycles. The van der Waals surface area contributed by atoms with Crippen LogP contribution in [0.3, 0.4) is 0 Å². The van der Waals surface area contributed by atoms with Gasteiger partial charge in [0.25, 0.3) is 0 Å². The SMILES string of the molecule is CCCc1c(Cc2ccnn2-c2ncccc2Br)ncn2nc(Cl)nc12. The molecule has 0 aliphatic heterocycles. The van der Waals surface area contributed by atoms with Crippen LogP contribution in [0.5, 0.6) is 0 Å². The summed E-state index contributed by atoms with van der Waals surface area (Å²) < 4.78 is 4.33. The number of nitrogens with zero attached hydrogens (tertiary/aromatic N) is 7. The molecule has 0 aliphatic carbocycles. The Bertz CT molecular complexity index is 1070. The van der Waals surface area contributed by atoms with Crippen LogP contribution in [-0.2, 0) is 12.8 Å². The fourth-order valence-electron chi connectivity index (χ4n) is 2.93. The zero-order valence-electron chi connectivity index (χ0n) is 14.0. The second-order valence-corrected chi connectivity index (χ2v) is 6.98. The topological polar surface area (TPSA) is 73.8 Å². The van der Waals surface area contributed by atoms with Gasteiger partial charge in [-0.15, -0.1) is 5.10 Å². The van der Waals surface area contributed by atoms with Gasteiger partial charge in [-0.25, -0.2) is 19.2 Å². The van der Waals surface area contributed by atoms with Crippen LogP contribution in [0.1, 0.15) is 30.3 Å². The quantitative estimate of drug-likeness (QED) is 0.481. The zero-order valence-corrected chi connectivity index (χ0v) is 16.3. The van der Waals surface area contributed by atoms with Crippen LogP contribution in [0.15, 0.2) is 41.4 Å². The molecule has 0 unspecified atom stereocenters. The molecule has 0 bridgehead atoms. The molecule has 0 aromatic carbocycles. The van der Waals surface area contributed by atoms with Crippen molar-refractivity contribution in [1.82, 2.24) is 34.3 Å². The number of pyridine rings is 1. The van der Waals surface area contributed by atoms with Crippen molar-refractivity contribution in [3.05, 3.63) is 63.6 Å². The van der Waals surface area contributed by atoms with Crippen molar-refractivity contribution in [1.29, 1.82) is 0 Å². The molecular formula is C17H15BrClN7. The van der Waals surface area contributed by atoms with E-state index >= 15 is 0 Å². The smallest absolute Gasteiger partial charge is 0.240 e. The van der Waals surface area contributed by atoms with E-state index in [1.54, 1.807) is 23.2 Å². The Balaban J connectivity index is 1.78. The van der Waals surface area contributed by atoms with Gasteiger partial charge in [0.1, 0.15) is 6.33 Å². The molecule has 7 nitrogen and oxygen atoms in total. The van der Waals surface area contributed by atoms with E-state index in [2.05, 4.69) is 48.0 Å². The molecule has 0 saturated heterocycles. The van der Waals surface area contributed by atoms with E-state index in [1.165, 1.54) is 0 Å². The van der Waals surface area contributed by atoms with Crippen LogP contribution >= 0.6 is 27.5 Å². The first-order valence-corrected chi connectivity index (χ1v) is 9.37. The van der Waals surface area contributed by atoms with E-state index < -0.39 is 0 Å². The molecule has 4 aromatic heterocycles. The predicted octanol–water partition coefficient (Wildman–Crippen LogP) is 3.66. The molecule has 4 heterocycles. The van der Waals surface area contributed by atoms with Crippen LogP contribution in [0.25, 0.3) is 11.5 Å². The number of aromatic nitrogens is 7. The van der Waals surface area contributed by atoms with Crippen molar-refractivity contribution in [3.63, 3.8) is 0 Å². The summed E-state index contributed by atoms with van der Waals surface area (Å²) in [5, 5.41) is 8.80. The average Bonchev–Trinajstić information content (AvgIpc) is 3.23. The van der Waals surface area contributed by atoms with Crippen LogP contribution in [0.4, 0.5) is 0 Å². The monoisotopic (exact) mass is 431 g/mol. The van der Waals surface area contributed by atoms with Gasteiger partial charge in [-0.3, -0.25) is 0 Å². The molecule has 0 amide bonds. The number of aryl methyl sites for hydroxylation is 1. The zero-order chi connectivity index (χ0) is 18.1. The molecule has 0 fully saturated rings. The summed E-state index contributed by atoms with van der Waals surface area (Å²) in [6.07, 6.45) is 7.60. The molecule has 0 spiro atoms. The first-order chi connectivity index (χ1) is 12.7. The van der Waals surface area contributed by atoms with E-state index in [4.69, 9.17) is 11.6 Å². The van der Waals surface area contributed by atoms with Crippen LogP contribution in [-0.4, -0.2) is 34.3 Å². The van der Waals surface area contributed by atoms with E-state index in [1.807, 2.05) is 22.9 Å². The Labute approximate surface area is 163 Å². The highest BCUT2D eigenvalue weighted by Gasteiger charge is 2.16. The van der Waals surface area contributed by atoms with Crippen molar-refractivity contribution in [3.8, 4) is 5.82 Å². The summed E-state index contributed by atoms with van der Waals surface area (Å²) in [7, 11) is 0. The molecule has 0 radical (unpaired) electrons. The third-order valence-electron chi connectivity index (χ3n) is 4.06. The van der Waals surface area contributed by atoms with Gasteiger partial charge in [0.05, 0.1) is 15.9 Å². The standard InChI is InChI=1S/C17H15BrClN7/c1-2-4-12-14(21-10-25-15(12)23-17(19)24-25)9-11-6-8-22-26(11)16-13(18)5-3-7-20-16/h3,5-8,10H,2,4,9H2,1H3. The lowest BCUT2D eigenvalue weighted by molar-refractivity contribution is 0.773. The van der Waals surface area contributed by atoms with E-state index in [0.29, 0.717) is 6.42 Å². The van der Waals surface area contributed by atoms with Crippen molar-refractivity contribution >= 4 is 33.2 Å². The second-order valence-electron chi connectivity index (χ2n) is 5.79. The van der Waals surface area contributed by atoms with E-state index in [0.717, 1.165) is 45.7 Å². The van der Waals surface area contributed by atoms with Crippen molar-refractivity contribution in [2.45, 2.75) is 26.2 Å². The average molecular weight is 433 g/mol. The number of rotatable bonds is 5.